The Hall–Kier alpha value is -3.20. The van der Waals surface area contributed by atoms with E-state index < -0.39 is 5.54 Å². The first kappa shape index (κ1) is 29.4. The van der Waals surface area contributed by atoms with Gasteiger partial charge in [0.25, 0.3) is 5.91 Å². The Labute approximate surface area is 232 Å². The topological polar surface area (TPSA) is 86.3 Å². The molecule has 1 unspecified atom stereocenters. The second kappa shape index (κ2) is 12.6. The number of ether oxygens (including phenoxy) is 1. The van der Waals surface area contributed by atoms with Crippen molar-refractivity contribution in [1.82, 2.24) is 15.6 Å². The fraction of sp³-hybridized carbons (Fsp3) is 0.517. The van der Waals surface area contributed by atoms with E-state index in [2.05, 4.69) is 38.0 Å². The molecule has 1 aliphatic heterocycles. The van der Waals surface area contributed by atoms with Crippen molar-refractivity contribution in [2.75, 3.05) is 18.6 Å². The number of thiocarbonyl (C=S) groups is 1. The number of amidine groups is 1. The summed E-state index contributed by atoms with van der Waals surface area (Å²) in [5, 5.41) is 12.4. The highest BCUT2D eigenvalue weighted by molar-refractivity contribution is 7.79. The van der Waals surface area contributed by atoms with Crippen LogP contribution in [0.25, 0.3) is 0 Å². The predicted molar refractivity (Wildman–Crippen MR) is 157 cm³/mol. The summed E-state index contributed by atoms with van der Waals surface area (Å²) in [7, 11) is 1.64. The first-order valence-corrected chi connectivity index (χ1v) is 14.0. The molecule has 0 spiro atoms. The van der Waals surface area contributed by atoms with Gasteiger partial charge in [-0.05, 0) is 75.6 Å². The number of allylic oxidation sites excluding steroid dienone is 2. The van der Waals surface area contributed by atoms with E-state index in [1.807, 2.05) is 36.9 Å². The molecular weight excluding hydrogens is 498 g/mol. The average molecular weight is 540 g/mol. The number of hydrazone groups is 1. The minimum absolute atomic E-state index is 0.0686. The van der Waals surface area contributed by atoms with Crippen molar-refractivity contribution < 1.29 is 14.3 Å². The van der Waals surface area contributed by atoms with Crippen LogP contribution in [0.1, 0.15) is 78.7 Å². The van der Waals surface area contributed by atoms with Gasteiger partial charge in [0.15, 0.2) is 5.84 Å². The summed E-state index contributed by atoms with van der Waals surface area (Å²) in [4.78, 5) is 28.3. The molecule has 1 saturated carbocycles. The van der Waals surface area contributed by atoms with Crippen LogP contribution >= 0.6 is 12.2 Å². The normalized spacial score (nSPS) is 18.4. The molecule has 0 radical (unpaired) electrons. The van der Waals surface area contributed by atoms with Crippen molar-refractivity contribution in [3.05, 3.63) is 47.3 Å². The highest BCUT2D eigenvalue weighted by Crippen LogP contribution is 2.41. The van der Waals surface area contributed by atoms with Crippen LogP contribution in [0.15, 0.2) is 46.8 Å². The number of carbonyl (C=O) groups excluding carboxylic acids is 2. The van der Waals surface area contributed by atoms with Crippen LogP contribution in [0.3, 0.4) is 0 Å². The first-order valence-electron chi connectivity index (χ1n) is 13.5. The molecule has 1 aliphatic carbocycles. The van der Waals surface area contributed by atoms with Crippen LogP contribution in [0.5, 0.6) is 5.75 Å². The van der Waals surface area contributed by atoms with E-state index in [1.54, 1.807) is 12.1 Å². The fourth-order valence-corrected chi connectivity index (χ4v) is 5.26. The predicted octanol–water partition coefficient (Wildman–Crippen LogP) is 5.24. The number of nitrogens with one attached hydrogen (secondary N) is 2. The van der Waals surface area contributed by atoms with Gasteiger partial charge in [-0.3, -0.25) is 9.59 Å². The summed E-state index contributed by atoms with van der Waals surface area (Å²) in [6, 6.07) is 5.61. The molecule has 2 N–H and O–H groups in total. The van der Waals surface area contributed by atoms with Gasteiger partial charge in [0.2, 0.25) is 5.91 Å². The largest absolute Gasteiger partial charge is 0.493 e. The van der Waals surface area contributed by atoms with Crippen molar-refractivity contribution >= 4 is 41.0 Å². The van der Waals surface area contributed by atoms with E-state index in [-0.39, 0.29) is 17.7 Å². The van der Waals surface area contributed by atoms with Crippen LogP contribution in [0, 0.1) is 5.92 Å². The summed E-state index contributed by atoms with van der Waals surface area (Å²) in [6.07, 6.45) is 4.83. The lowest BCUT2D eigenvalue weighted by atomic mass is 9.74. The van der Waals surface area contributed by atoms with Gasteiger partial charge in [-0.2, -0.15) is 0 Å². The third kappa shape index (κ3) is 5.48. The van der Waals surface area contributed by atoms with Gasteiger partial charge < -0.3 is 20.3 Å². The molecule has 0 bridgehead atoms. The van der Waals surface area contributed by atoms with Crippen molar-refractivity contribution in [1.29, 1.82) is 0 Å². The number of hydrogen-bond donors (Lipinski definition) is 2. The molecule has 1 aromatic carbocycles. The lowest BCUT2D eigenvalue weighted by Gasteiger charge is -2.47. The summed E-state index contributed by atoms with van der Waals surface area (Å²) >= 11 is 5.40. The highest BCUT2D eigenvalue weighted by atomic mass is 32.1. The zero-order valence-corrected chi connectivity index (χ0v) is 24.3. The quantitative estimate of drug-likeness (QED) is 0.279. The average Bonchev–Trinajstić information content (AvgIpc) is 2.89. The Morgan fingerprint density at radius 3 is 2.61 bits per heavy atom. The molecule has 1 atom stereocenters. The molecule has 8 nitrogen and oxygen atoms in total. The summed E-state index contributed by atoms with van der Waals surface area (Å²) < 4.78 is 5.94. The first-order chi connectivity index (χ1) is 18.2. The van der Waals surface area contributed by atoms with Gasteiger partial charge in [0.05, 0.1) is 17.7 Å². The smallest absolute Gasteiger partial charge is 0.275 e. The minimum atomic E-state index is -0.733. The number of amides is 2. The molecular formula is C29H41N5O3S. The van der Waals surface area contributed by atoms with Crippen LogP contribution < -0.4 is 20.3 Å². The second-order valence-electron chi connectivity index (χ2n) is 9.92. The molecule has 2 aliphatic rings. The molecule has 1 aromatic rings. The lowest BCUT2D eigenvalue weighted by Crippen LogP contribution is -2.62. The number of carbonyl (C=O) groups is 2. The van der Waals surface area contributed by atoms with E-state index in [4.69, 9.17) is 22.1 Å². The third-order valence-corrected chi connectivity index (χ3v) is 7.83. The molecule has 1 fully saturated rings. The lowest BCUT2D eigenvalue weighted by molar-refractivity contribution is -0.128. The van der Waals surface area contributed by atoms with Crippen molar-refractivity contribution in [3.63, 3.8) is 0 Å². The van der Waals surface area contributed by atoms with Crippen molar-refractivity contribution in [3.8, 4) is 5.75 Å². The van der Waals surface area contributed by atoms with Crippen LogP contribution in [0.4, 0.5) is 5.69 Å². The number of hydrogen-bond acceptors (Lipinski definition) is 6. The van der Waals surface area contributed by atoms with Gasteiger partial charge in [-0.15, -0.1) is 5.10 Å². The minimum Gasteiger partial charge on any atom is -0.493 e. The van der Waals surface area contributed by atoms with Gasteiger partial charge in [-0.1, -0.05) is 46.0 Å². The monoisotopic (exact) mass is 539 g/mol. The van der Waals surface area contributed by atoms with E-state index >= 15 is 0 Å². The Morgan fingerprint density at radius 1 is 1.37 bits per heavy atom. The van der Waals surface area contributed by atoms with Crippen molar-refractivity contribution in [2.45, 2.75) is 78.7 Å². The van der Waals surface area contributed by atoms with Crippen LogP contribution in [-0.4, -0.2) is 47.3 Å². The van der Waals surface area contributed by atoms with E-state index in [0.29, 0.717) is 48.7 Å². The Bertz CT molecular complexity index is 1150. The molecule has 2 amide bonds. The van der Waals surface area contributed by atoms with E-state index in [9.17, 15) is 9.59 Å². The fourth-order valence-electron chi connectivity index (χ4n) is 4.93. The standard InChI is InChI=1S/C29H41N5O3S/c1-8-12-20(5)34-25(21(6)19(4)9-2)27(35)31-26(32-34)23-17-22(13-14-24(23)37-10-3)33(18-38)29(15-11-16-29)28(36)30-7/h13-14,17-19H,5,8-12,15-16H2,1-4,6-7H3,(H,30,36)(H,31,32,35)/b25-21-. The summed E-state index contributed by atoms with van der Waals surface area (Å²) in [5.41, 5.74) is 4.37. The van der Waals surface area contributed by atoms with E-state index in [1.165, 1.54) is 5.49 Å². The Kier molecular flexibility index (Phi) is 9.71. The zero-order chi connectivity index (χ0) is 28.0. The third-order valence-electron chi connectivity index (χ3n) is 7.62. The van der Waals surface area contributed by atoms with Gasteiger partial charge >= 0.3 is 0 Å². The maximum atomic E-state index is 13.6. The van der Waals surface area contributed by atoms with Crippen molar-refractivity contribution in [2.24, 2.45) is 11.0 Å². The van der Waals surface area contributed by atoms with Gasteiger partial charge in [0.1, 0.15) is 17.0 Å². The van der Waals surface area contributed by atoms with Crippen LogP contribution in [-0.2, 0) is 9.59 Å². The molecule has 38 heavy (non-hydrogen) atoms. The maximum absolute atomic E-state index is 13.6. The molecule has 3 rings (SSSR count). The maximum Gasteiger partial charge on any atom is 0.275 e. The van der Waals surface area contributed by atoms with E-state index in [0.717, 1.165) is 36.2 Å². The van der Waals surface area contributed by atoms with Gasteiger partial charge in [0, 0.05) is 18.4 Å². The number of likely N-dealkylation sites (N-methyl/N-ethyl adjacent to an activating group) is 1. The Morgan fingerprint density at radius 2 is 2.08 bits per heavy atom. The van der Waals surface area contributed by atoms with Gasteiger partial charge in [-0.25, -0.2) is 5.01 Å². The molecule has 9 heteroatoms. The zero-order valence-electron chi connectivity index (χ0n) is 23.5. The number of nitrogens with zero attached hydrogens (tertiary/aromatic N) is 3. The molecule has 0 aromatic heterocycles. The molecule has 206 valence electrons. The SMILES string of the molecule is C=C(CCC)N1N=C(c2cc(N(C=S)C3(C(=O)NC)CCC3)ccc2OCC)NC(=O)/C1=C(\C)C(C)CC. The van der Waals surface area contributed by atoms with Crippen LogP contribution in [0.2, 0.25) is 0 Å². The summed E-state index contributed by atoms with van der Waals surface area (Å²) in [5.74, 6) is 0.858. The number of benzene rings is 1. The Balaban J connectivity index is 2.18. The number of rotatable bonds is 12. The second-order valence-corrected chi connectivity index (χ2v) is 10.1. The molecule has 0 saturated heterocycles. The number of anilines is 1. The molecule has 1 heterocycles. The highest BCUT2D eigenvalue weighted by Gasteiger charge is 2.48. The summed E-state index contributed by atoms with van der Waals surface area (Å²) in [6.45, 7) is 14.9.